The fourth-order valence-corrected chi connectivity index (χ4v) is 1.02. The number of carbonyl (C=O) groups is 2. The molecule has 0 spiro atoms. The van der Waals surface area contributed by atoms with Crippen LogP contribution in [0.4, 0.5) is 10.5 Å². The normalized spacial score (nSPS) is 9.24. The van der Waals surface area contributed by atoms with Gasteiger partial charge < -0.3 is 15.2 Å². The molecule has 1 rings (SSSR count). The van der Waals surface area contributed by atoms with Crippen LogP contribution in [-0.4, -0.2) is 30.2 Å². The second-order valence-electron chi connectivity index (χ2n) is 3.00. The average molecular weight is 237 g/mol. The fraction of sp³-hybridized carbons (Fsp3) is 0.100. The number of hydrogen-bond acceptors (Lipinski definition) is 4. The van der Waals surface area contributed by atoms with Gasteiger partial charge in [-0.3, -0.25) is 10.7 Å². The van der Waals surface area contributed by atoms with E-state index >= 15 is 0 Å². The van der Waals surface area contributed by atoms with Crippen LogP contribution in [0.1, 0.15) is 10.4 Å². The fourth-order valence-electron chi connectivity index (χ4n) is 1.02. The first-order valence-corrected chi connectivity index (χ1v) is 4.57. The van der Waals surface area contributed by atoms with Gasteiger partial charge in [0.15, 0.2) is 0 Å². The summed E-state index contributed by atoms with van der Waals surface area (Å²) in [6.45, 7) is 0. The van der Waals surface area contributed by atoms with Crippen LogP contribution in [0.5, 0.6) is 0 Å². The van der Waals surface area contributed by atoms with Gasteiger partial charge in [0.2, 0.25) is 5.96 Å². The van der Waals surface area contributed by atoms with E-state index in [9.17, 15) is 9.59 Å². The molecule has 0 atom stereocenters. The molecule has 0 bridgehead atoms. The number of ether oxygens (including phenoxy) is 1. The predicted octanol–water partition coefficient (Wildman–Crippen LogP) is 1.09. The largest absolute Gasteiger partial charge is 0.478 e. The second kappa shape index (κ2) is 5.50. The summed E-state index contributed by atoms with van der Waals surface area (Å²) in [5.74, 6) is -1.29. The maximum atomic E-state index is 10.8. The zero-order valence-corrected chi connectivity index (χ0v) is 8.98. The third-order valence-electron chi connectivity index (χ3n) is 1.81. The molecule has 0 radical (unpaired) electrons. The zero-order valence-electron chi connectivity index (χ0n) is 8.98. The molecule has 1 aromatic rings. The smallest absolute Gasteiger partial charge is 0.413 e. The minimum atomic E-state index is -1.03. The van der Waals surface area contributed by atoms with Crippen molar-refractivity contribution in [2.24, 2.45) is 0 Å². The van der Waals surface area contributed by atoms with Crippen molar-refractivity contribution in [2.45, 2.75) is 0 Å². The van der Waals surface area contributed by atoms with E-state index < -0.39 is 12.1 Å². The van der Waals surface area contributed by atoms with Crippen LogP contribution in [0.2, 0.25) is 0 Å². The van der Waals surface area contributed by atoms with Crippen molar-refractivity contribution in [1.82, 2.24) is 5.32 Å². The first-order chi connectivity index (χ1) is 8.02. The van der Waals surface area contributed by atoms with Gasteiger partial charge in [-0.2, -0.15) is 0 Å². The highest BCUT2D eigenvalue weighted by Crippen LogP contribution is 2.08. The van der Waals surface area contributed by atoms with Gasteiger partial charge in [-0.25, -0.2) is 9.59 Å². The molecular weight excluding hydrogens is 226 g/mol. The van der Waals surface area contributed by atoms with Crippen molar-refractivity contribution >= 4 is 23.7 Å². The van der Waals surface area contributed by atoms with Gasteiger partial charge in [0.1, 0.15) is 0 Å². The van der Waals surface area contributed by atoms with Gasteiger partial charge in [-0.1, -0.05) is 0 Å². The molecule has 0 aromatic heterocycles. The van der Waals surface area contributed by atoms with E-state index in [-0.39, 0.29) is 11.5 Å². The molecule has 0 saturated heterocycles. The summed E-state index contributed by atoms with van der Waals surface area (Å²) >= 11 is 0. The highest BCUT2D eigenvalue weighted by Gasteiger charge is 2.05. The lowest BCUT2D eigenvalue weighted by atomic mass is 10.2. The van der Waals surface area contributed by atoms with E-state index in [0.29, 0.717) is 5.69 Å². The molecule has 0 aliphatic heterocycles. The summed E-state index contributed by atoms with van der Waals surface area (Å²) in [6, 6.07) is 5.74. The molecular formula is C10H11N3O4. The minimum absolute atomic E-state index is 0.142. The number of carbonyl (C=O) groups excluding carboxylic acids is 1. The topological polar surface area (TPSA) is 112 Å². The Morgan fingerprint density at radius 2 is 1.88 bits per heavy atom. The van der Waals surface area contributed by atoms with E-state index in [1.165, 1.54) is 31.4 Å². The van der Waals surface area contributed by atoms with Crippen molar-refractivity contribution in [3.8, 4) is 0 Å². The standard InChI is InChI=1S/C10H11N3O4/c1-17-10(16)13-9(11)12-7-4-2-6(3-5-7)8(14)15/h2-5H,1H3,(H,14,15)(H3,11,12,13,16). The number of alkyl carbamates (subject to hydrolysis) is 1. The van der Waals surface area contributed by atoms with E-state index in [1.807, 2.05) is 0 Å². The molecule has 0 heterocycles. The Kier molecular flexibility index (Phi) is 4.04. The molecule has 1 aromatic carbocycles. The SMILES string of the molecule is COC(=O)NC(=N)Nc1ccc(C(=O)O)cc1. The number of benzene rings is 1. The number of carboxylic acid groups (broad SMARTS) is 1. The second-order valence-corrected chi connectivity index (χ2v) is 3.00. The third-order valence-corrected chi connectivity index (χ3v) is 1.81. The van der Waals surface area contributed by atoms with E-state index in [0.717, 1.165) is 0 Å². The van der Waals surface area contributed by atoms with Crippen molar-refractivity contribution in [1.29, 1.82) is 5.41 Å². The number of nitrogens with one attached hydrogen (secondary N) is 3. The van der Waals surface area contributed by atoms with Crippen LogP contribution in [0.25, 0.3) is 0 Å². The van der Waals surface area contributed by atoms with Crippen molar-refractivity contribution in [3.05, 3.63) is 29.8 Å². The van der Waals surface area contributed by atoms with Crippen LogP contribution in [-0.2, 0) is 4.74 Å². The van der Waals surface area contributed by atoms with Crippen LogP contribution in [0.3, 0.4) is 0 Å². The number of anilines is 1. The molecule has 0 saturated carbocycles. The lowest BCUT2D eigenvalue weighted by molar-refractivity contribution is 0.0697. The van der Waals surface area contributed by atoms with Gasteiger partial charge in [0.05, 0.1) is 12.7 Å². The zero-order chi connectivity index (χ0) is 12.8. The number of carboxylic acids is 1. The number of methoxy groups -OCH3 is 1. The average Bonchev–Trinajstić information content (AvgIpc) is 2.29. The van der Waals surface area contributed by atoms with Gasteiger partial charge in [-0.15, -0.1) is 0 Å². The van der Waals surface area contributed by atoms with E-state index in [4.69, 9.17) is 10.5 Å². The van der Waals surface area contributed by atoms with Crippen LogP contribution in [0, 0.1) is 5.41 Å². The Balaban J connectivity index is 2.60. The summed E-state index contributed by atoms with van der Waals surface area (Å²) in [6.07, 6.45) is -0.760. The molecule has 4 N–H and O–H groups in total. The number of amides is 1. The summed E-state index contributed by atoms with van der Waals surface area (Å²) in [7, 11) is 1.18. The Hall–Kier alpha value is -2.57. The van der Waals surface area contributed by atoms with Gasteiger partial charge in [-0.05, 0) is 24.3 Å². The Bertz CT molecular complexity index is 441. The number of rotatable bonds is 2. The van der Waals surface area contributed by atoms with Gasteiger partial charge >= 0.3 is 12.1 Å². The monoisotopic (exact) mass is 237 g/mol. The molecule has 7 nitrogen and oxygen atoms in total. The van der Waals surface area contributed by atoms with Gasteiger partial charge in [0, 0.05) is 5.69 Å². The van der Waals surface area contributed by atoms with E-state index in [1.54, 1.807) is 0 Å². The maximum absolute atomic E-state index is 10.8. The molecule has 0 fully saturated rings. The summed E-state index contributed by atoms with van der Waals surface area (Å²) in [4.78, 5) is 21.3. The van der Waals surface area contributed by atoms with Crippen molar-refractivity contribution in [2.75, 3.05) is 12.4 Å². The van der Waals surface area contributed by atoms with Crippen molar-refractivity contribution in [3.63, 3.8) is 0 Å². The molecule has 0 aliphatic carbocycles. The molecule has 0 unspecified atom stereocenters. The van der Waals surface area contributed by atoms with Crippen LogP contribution < -0.4 is 10.6 Å². The Morgan fingerprint density at radius 3 is 2.35 bits per heavy atom. The lowest BCUT2D eigenvalue weighted by Gasteiger charge is -2.08. The third kappa shape index (κ3) is 3.82. The number of hydrogen-bond donors (Lipinski definition) is 4. The lowest BCUT2D eigenvalue weighted by Crippen LogP contribution is -2.34. The highest BCUT2D eigenvalue weighted by molar-refractivity contribution is 6.00. The molecule has 17 heavy (non-hydrogen) atoms. The summed E-state index contributed by atoms with van der Waals surface area (Å²) in [5, 5.41) is 20.7. The Morgan fingerprint density at radius 1 is 1.29 bits per heavy atom. The summed E-state index contributed by atoms with van der Waals surface area (Å²) < 4.78 is 4.30. The minimum Gasteiger partial charge on any atom is -0.478 e. The van der Waals surface area contributed by atoms with Crippen LogP contribution in [0.15, 0.2) is 24.3 Å². The number of aromatic carboxylic acids is 1. The molecule has 0 aliphatic rings. The number of guanidine groups is 1. The van der Waals surface area contributed by atoms with Gasteiger partial charge in [0.25, 0.3) is 0 Å². The highest BCUT2D eigenvalue weighted by atomic mass is 16.5. The van der Waals surface area contributed by atoms with Crippen LogP contribution >= 0.6 is 0 Å². The van der Waals surface area contributed by atoms with E-state index in [2.05, 4.69) is 15.4 Å². The first-order valence-electron chi connectivity index (χ1n) is 4.57. The quantitative estimate of drug-likeness (QED) is 0.454. The molecule has 1 amide bonds. The Labute approximate surface area is 96.9 Å². The summed E-state index contributed by atoms with van der Waals surface area (Å²) in [5.41, 5.74) is 0.624. The van der Waals surface area contributed by atoms with Crippen molar-refractivity contribution < 1.29 is 19.4 Å². The molecule has 90 valence electrons. The predicted molar refractivity (Wildman–Crippen MR) is 60.3 cm³/mol. The maximum Gasteiger partial charge on any atom is 0.413 e. The molecule has 7 heteroatoms. The first kappa shape index (κ1) is 12.5.